The molecule has 0 spiro atoms. The third-order valence-electron chi connectivity index (χ3n) is 3.23. The Labute approximate surface area is 101 Å². The van der Waals surface area contributed by atoms with Gasteiger partial charge in [-0.2, -0.15) is 5.26 Å². The van der Waals surface area contributed by atoms with E-state index in [1.54, 1.807) is 6.33 Å². The van der Waals surface area contributed by atoms with Crippen LogP contribution in [0.1, 0.15) is 19.3 Å². The second-order valence-corrected chi connectivity index (χ2v) is 4.30. The Morgan fingerprint density at radius 3 is 2.88 bits per heavy atom. The predicted octanol–water partition coefficient (Wildman–Crippen LogP) is 1.65. The van der Waals surface area contributed by atoms with E-state index in [4.69, 9.17) is 5.26 Å². The number of aromatic nitrogens is 2. The lowest BCUT2D eigenvalue weighted by molar-refractivity contribution is 0.411. The average Bonchev–Trinajstić information content (AvgIpc) is 2.40. The van der Waals surface area contributed by atoms with Gasteiger partial charge in [-0.1, -0.05) is 0 Å². The molecule has 1 N–H and O–H groups in total. The molecule has 5 nitrogen and oxygen atoms in total. The highest BCUT2D eigenvalue weighted by atomic mass is 15.2. The molecule has 1 saturated heterocycles. The Morgan fingerprint density at radius 2 is 2.24 bits per heavy atom. The molecule has 1 aromatic heterocycles. The number of piperidine rings is 1. The first kappa shape index (κ1) is 11.6. The minimum Gasteiger partial charge on any atom is -0.373 e. The first-order valence-electron chi connectivity index (χ1n) is 5.95. The monoisotopic (exact) mass is 231 g/mol. The minimum absolute atomic E-state index is 0.557. The van der Waals surface area contributed by atoms with Gasteiger partial charge in [0.25, 0.3) is 0 Å². The zero-order valence-electron chi connectivity index (χ0n) is 10.1. The lowest BCUT2D eigenvalue weighted by Gasteiger charge is -2.31. The van der Waals surface area contributed by atoms with E-state index in [1.165, 1.54) is 0 Å². The molecule has 0 unspecified atom stereocenters. The fraction of sp³-hybridized carbons (Fsp3) is 0.583. The van der Waals surface area contributed by atoms with Gasteiger partial charge in [-0.15, -0.1) is 0 Å². The van der Waals surface area contributed by atoms with Crippen LogP contribution in [0.5, 0.6) is 0 Å². The molecule has 0 saturated carbocycles. The largest absolute Gasteiger partial charge is 0.373 e. The van der Waals surface area contributed by atoms with Crippen molar-refractivity contribution >= 4 is 11.6 Å². The van der Waals surface area contributed by atoms with Gasteiger partial charge in [0.05, 0.1) is 6.07 Å². The van der Waals surface area contributed by atoms with Crippen molar-refractivity contribution in [3.05, 3.63) is 12.4 Å². The standard InChI is InChI=1S/C12H17N5/c1-14-11-8-12(16-9-15-11)17-6-3-10(2-5-13)4-7-17/h8-10H,2-4,6-7H2,1H3,(H,14,15,16). The summed E-state index contributed by atoms with van der Waals surface area (Å²) in [6.45, 7) is 1.96. The first-order chi connectivity index (χ1) is 8.33. The highest BCUT2D eigenvalue weighted by molar-refractivity contribution is 5.48. The molecule has 0 atom stereocenters. The summed E-state index contributed by atoms with van der Waals surface area (Å²) < 4.78 is 0. The normalized spacial score (nSPS) is 16.6. The lowest BCUT2D eigenvalue weighted by atomic mass is 9.94. The molecular weight excluding hydrogens is 214 g/mol. The summed E-state index contributed by atoms with van der Waals surface area (Å²) in [6.07, 6.45) is 4.42. The number of rotatable bonds is 3. The molecule has 1 aromatic rings. The summed E-state index contributed by atoms with van der Waals surface area (Å²) in [7, 11) is 1.85. The van der Waals surface area contributed by atoms with Crippen LogP contribution >= 0.6 is 0 Å². The van der Waals surface area contributed by atoms with E-state index in [0.29, 0.717) is 12.3 Å². The first-order valence-corrected chi connectivity index (χ1v) is 5.95. The van der Waals surface area contributed by atoms with Crippen LogP contribution in [-0.4, -0.2) is 30.1 Å². The summed E-state index contributed by atoms with van der Waals surface area (Å²) in [5, 5.41) is 11.7. The van der Waals surface area contributed by atoms with Crippen molar-refractivity contribution in [2.45, 2.75) is 19.3 Å². The highest BCUT2D eigenvalue weighted by Gasteiger charge is 2.19. The van der Waals surface area contributed by atoms with Gasteiger partial charge in [-0.25, -0.2) is 9.97 Å². The van der Waals surface area contributed by atoms with Crippen LogP contribution in [0.15, 0.2) is 12.4 Å². The minimum atomic E-state index is 0.557. The van der Waals surface area contributed by atoms with E-state index in [9.17, 15) is 0 Å². The Morgan fingerprint density at radius 1 is 1.47 bits per heavy atom. The molecule has 2 heterocycles. The van der Waals surface area contributed by atoms with Gasteiger partial charge < -0.3 is 10.2 Å². The molecule has 2 rings (SSSR count). The molecule has 5 heteroatoms. The number of nitrogens with one attached hydrogen (secondary N) is 1. The van der Waals surface area contributed by atoms with E-state index in [2.05, 4.69) is 26.3 Å². The van der Waals surface area contributed by atoms with Crippen molar-refractivity contribution in [1.29, 1.82) is 5.26 Å². The number of hydrogen-bond donors (Lipinski definition) is 1. The third kappa shape index (κ3) is 2.84. The maximum Gasteiger partial charge on any atom is 0.134 e. The topological polar surface area (TPSA) is 64.8 Å². The van der Waals surface area contributed by atoms with E-state index in [-0.39, 0.29) is 0 Å². The zero-order valence-corrected chi connectivity index (χ0v) is 10.1. The molecule has 0 aromatic carbocycles. The highest BCUT2D eigenvalue weighted by Crippen LogP contribution is 2.24. The summed E-state index contributed by atoms with van der Waals surface area (Å²) >= 11 is 0. The predicted molar refractivity (Wildman–Crippen MR) is 66.7 cm³/mol. The average molecular weight is 231 g/mol. The number of nitriles is 1. The molecular formula is C12H17N5. The maximum atomic E-state index is 8.68. The Balaban J connectivity index is 1.98. The molecule has 0 aliphatic carbocycles. The van der Waals surface area contributed by atoms with Gasteiger partial charge in [0.2, 0.25) is 0 Å². The second-order valence-electron chi connectivity index (χ2n) is 4.30. The van der Waals surface area contributed by atoms with Crippen molar-refractivity contribution in [2.24, 2.45) is 5.92 Å². The number of anilines is 2. The van der Waals surface area contributed by atoms with Crippen molar-refractivity contribution in [2.75, 3.05) is 30.4 Å². The van der Waals surface area contributed by atoms with Crippen LogP contribution in [0.25, 0.3) is 0 Å². The van der Waals surface area contributed by atoms with Crippen LogP contribution < -0.4 is 10.2 Å². The van der Waals surface area contributed by atoms with Crippen LogP contribution in [0, 0.1) is 17.2 Å². The van der Waals surface area contributed by atoms with Crippen molar-refractivity contribution in [1.82, 2.24) is 9.97 Å². The number of hydrogen-bond acceptors (Lipinski definition) is 5. The Kier molecular flexibility index (Phi) is 3.76. The van der Waals surface area contributed by atoms with E-state index < -0.39 is 0 Å². The van der Waals surface area contributed by atoms with Crippen molar-refractivity contribution in [3.8, 4) is 6.07 Å². The molecule has 0 bridgehead atoms. The van der Waals surface area contributed by atoms with Crippen LogP contribution in [0.4, 0.5) is 11.6 Å². The fourth-order valence-corrected chi connectivity index (χ4v) is 2.15. The van der Waals surface area contributed by atoms with Gasteiger partial charge in [0.1, 0.15) is 18.0 Å². The lowest BCUT2D eigenvalue weighted by Crippen LogP contribution is -2.34. The molecule has 0 radical (unpaired) electrons. The van der Waals surface area contributed by atoms with Gasteiger partial charge in [0.15, 0.2) is 0 Å². The van der Waals surface area contributed by atoms with Crippen molar-refractivity contribution < 1.29 is 0 Å². The second kappa shape index (κ2) is 5.48. The Bertz CT molecular complexity index is 404. The SMILES string of the molecule is CNc1cc(N2CCC(CC#N)CC2)ncn1. The quantitative estimate of drug-likeness (QED) is 0.856. The van der Waals surface area contributed by atoms with E-state index in [0.717, 1.165) is 37.6 Å². The molecule has 1 aliphatic heterocycles. The van der Waals surface area contributed by atoms with Gasteiger partial charge in [-0.3, -0.25) is 0 Å². The summed E-state index contributed by atoms with van der Waals surface area (Å²) in [5.74, 6) is 2.37. The van der Waals surface area contributed by atoms with Gasteiger partial charge >= 0.3 is 0 Å². The molecule has 17 heavy (non-hydrogen) atoms. The smallest absolute Gasteiger partial charge is 0.134 e. The zero-order chi connectivity index (χ0) is 12.1. The van der Waals surface area contributed by atoms with E-state index in [1.807, 2.05) is 13.1 Å². The summed E-state index contributed by atoms with van der Waals surface area (Å²) in [6, 6.07) is 4.22. The molecule has 1 aliphatic rings. The fourth-order valence-electron chi connectivity index (χ4n) is 2.15. The van der Waals surface area contributed by atoms with Gasteiger partial charge in [0, 0.05) is 32.6 Å². The van der Waals surface area contributed by atoms with Gasteiger partial charge in [-0.05, 0) is 18.8 Å². The summed E-state index contributed by atoms with van der Waals surface area (Å²) in [4.78, 5) is 10.7. The molecule has 90 valence electrons. The molecule has 0 amide bonds. The van der Waals surface area contributed by atoms with E-state index >= 15 is 0 Å². The van der Waals surface area contributed by atoms with Crippen molar-refractivity contribution in [3.63, 3.8) is 0 Å². The maximum absolute atomic E-state index is 8.68. The molecule has 1 fully saturated rings. The van der Waals surface area contributed by atoms with Crippen LogP contribution in [0.3, 0.4) is 0 Å². The number of nitrogens with zero attached hydrogens (tertiary/aromatic N) is 4. The van der Waals surface area contributed by atoms with Crippen LogP contribution in [-0.2, 0) is 0 Å². The summed E-state index contributed by atoms with van der Waals surface area (Å²) in [5.41, 5.74) is 0. The Hall–Kier alpha value is -1.83. The van der Waals surface area contributed by atoms with Crippen LogP contribution in [0.2, 0.25) is 0 Å². The third-order valence-corrected chi connectivity index (χ3v) is 3.23.